The minimum absolute atomic E-state index is 0.357. The number of alkyl halides is 6. The van der Waals surface area contributed by atoms with Crippen molar-refractivity contribution in [3.8, 4) is 0 Å². The van der Waals surface area contributed by atoms with Gasteiger partial charge >= 0.3 is 12.4 Å². The fourth-order valence-electron chi connectivity index (χ4n) is 1.85. The van der Waals surface area contributed by atoms with Crippen LogP contribution in [0, 0.1) is 5.92 Å². The molecule has 0 amide bonds. The Morgan fingerprint density at radius 2 is 1.19 bits per heavy atom. The molecule has 98 valence electrons. The molecule has 0 N–H and O–H groups in total. The highest BCUT2D eigenvalue weighted by molar-refractivity contribution is 4.94. The van der Waals surface area contributed by atoms with Crippen LogP contribution in [0.2, 0.25) is 0 Å². The van der Waals surface area contributed by atoms with E-state index in [0.29, 0.717) is 0 Å². The molecule has 0 aliphatic heterocycles. The van der Waals surface area contributed by atoms with E-state index in [2.05, 4.69) is 4.74 Å². The SMILES string of the molecule is CCC(CC)(OC)C(C(F)(F)F)C(F)(F)F. The number of methoxy groups -OCH3 is 1. The first kappa shape index (κ1) is 15.5. The highest BCUT2D eigenvalue weighted by Crippen LogP contribution is 2.49. The van der Waals surface area contributed by atoms with Gasteiger partial charge in [-0.3, -0.25) is 0 Å². The van der Waals surface area contributed by atoms with E-state index in [4.69, 9.17) is 0 Å². The highest BCUT2D eigenvalue weighted by atomic mass is 19.4. The minimum Gasteiger partial charge on any atom is -0.377 e. The van der Waals surface area contributed by atoms with E-state index in [1.807, 2.05) is 0 Å². The second-order valence-corrected chi connectivity index (χ2v) is 3.49. The second kappa shape index (κ2) is 4.81. The fourth-order valence-corrected chi connectivity index (χ4v) is 1.85. The summed E-state index contributed by atoms with van der Waals surface area (Å²) in [5.41, 5.74) is -2.24. The molecule has 0 bridgehead atoms. The number of hydrogen-bond donors (Lipinski definition) is 0. The van der Waals surface area contributed by atoms with Gasteiger partial charge in [-0.2, -0.15) is 26.3 Å². The molecule has 0 saturated heterocycles. The minimum atomic E-state index is -5.36. The van der Waals surface area contributed by atoms with Gasteiger partial charge in [-0.05, 0) is 12.8 Å². The molecule has 0 aromatic heterocycles. The van der Waals surface area contributed by atoms with Crippen molar-refractivity contribution in [2.24, 2.45) is 5.92 Å². The van der Waals surface area contributed by atoms with Crippen molar-refractivity contribution in [3.63, 3.8) is 0 Å². The van der Waals surface area contributed by atoms with Crippen molar-refractivity contribution < 1.29 is 31.1 Å². The maximum Gasteiger partial charge on any atom is 0.403 e. The summed E-state index contributed by atoms with van der Waals surface area (Å²) >= 11 is 0. The van der Waals surface area contributed by atoms with Gasteiger partial charge in [-0.25, -0.2) is 0 Å². The van der Waals surface area contributed by atoms with E-state index in [9.17, 15) is 26.3 Å². The molecule has 0 aromatic carbocycles. The molecule has 0 aliphatic rings. The highest BCUT2D eigenvalue weighted by Gasteiger charge is 2.65. The van der Waals surface area contributed by atoms with E-state index >= 15 is 0 Å². The van der Waals surface area contributed by atoms with Gasteiger partial charge in [0.2, 0.25) is 0 Å². The van der Waals surface area contributed by atoms with Gasteiger partial charge in [-0.1, -0.05) is 13.8 Å². The second-order valence-electron chi connectivity index (χ2n) is 3.49. The van der Waals surface area contributed by atoms with E-state index in [1.54, 1.807) is 0 Å². The van der Waals surface area contributed by atoms with Gasteiger partial charge in [0, 0.05) is 7.11 Å². The Morgan fingerprint density at radius 1 is 0.875 bits per heavy atom. The van der Waals surface area contributed by atoms with Gasteiger partial charge in [0.05, 0.1) is 5.60 Å². The smallest absolute Gasteiger partial charge is 0.377 e. The van der Waals surface area contributed by atoms with Crippen LogP contribution in [-0.2, 0) is 4.74 Å². The molecule has 0 spiro atoms. The van der Waals surface area contributed by atoms with Crippen LogP contribution < -0.4 is 0 Å². The Hall–Kier alpha value is -0.460. The lowest BCUT2D eigenvalue weighted by atomic mass is 9.81. The average molecular weight is 252 g/mol. The molecular weight excluding hydrogens is 238 g/mol. The Labute approximate surface area is 89.8 Å². The summed E-state index contributed by atoms with van der Waals surface area (Å²) in [5, 5.41) is 0. The Kier molecular flexibility index (Phi) is 4.67. The van der Waals surface area contributed by atoms with Crippen molar-refractivity contribution >= 4 is 0 Å². The third-order valence-electron chi connectivity index (χ3n) is 2.78. The third-order valence-corrected chi connectivity index (χ3v) is 2.78. The van der Waals surface area contributed by atoms with Crippen LogP contribution in [-0.4, -0.2) is 25.1 Å². The average Bonchev–Trinajstić information content (AvgIpc) is 2.10. The normalized spacial score (nSPS) is 14.6. The van der Waals surface area contributed by atoms with Crippen LogP contribution in [0.15, 0.2) is 0 Å². The predicted octanol–water partition coefficient (Wildman–Crippen LogP) is 3.93. The first-order valence-corrected chi connectivity index (χ1v) is 4.73. The molecule has 7 heteroatoms. The van der Waals surface area contributed by atoms with E-state index in [1.165, 1.54) is 13.8 Å². The zero-order chi connectivity index (χ0) is 13.2. The van der Waals surface area contributed by atoms with Crippen molar-refractivity contribution in [1.82, 2.24) is 0 Å². The molecule has 0 rings (SSSR count). The number of hydrogen-bond acceptors (Lipinski definition) is 1. The third kappa shape index (κ3) is 3.02. The standard InChI is InChI=1S/C9H14F6O/c1-4-7(5-2,16-3)6(8(10,11)12)9(13,14)15/h6H,4-5H2,1-3H3. The summed E-state index contributed by atoms with van der Waals surface area (Å²) in [6.45, 7) is 2.50. The molecule has 0 saturated carbocycles. The molecule has 1 nitrogen and oxygen atoms in total. The van der Waals surface area contributed by atoms with Gasteiger partial charge in [0.1, 0.15) is 0 Å². The van der Waals surface area contributed by atoms with E-state index in [0.717, 1.165) is 7.11 Å². The maximum absolute atomic E-state index is 12.5. The number of ether oxygens (including phenoxy) is 1. The lowest BCUT2D eigenvalue weighted by molar-refractivity contribution is -0.332. The summed E-state index contributed by atoms with van der Waals surface area (Å²) in [7, 11) is 0.872. The number of rotatable bonds is 4. The molecule has 0 aromatic rings. The summed E-state index contributed by atoms with van der Waals surface area (Å²) < 4.78 is 79.3. The van der Waals surface area contributed by atoms with Crippen molar-refractivity contribution in [2.75, 3.05) is 7.11 Å². The van der Waals surface area contributed by atoms with Gasteiger partial charge < -0.3 is 4.74 Å². The molecule has 0 heterocycles. The summed E-state index contributed by atoms with van der Waals surface area (Å²) in [6.07, 6.45) is -11.4. The Bertz CT molecular complexity index is 193. The van der Waals surface area contributed by atoms with E-state index in [-0.39, 0.29) is 12.8 Å². The topological polar surface area (TPSA) is 9.23 Å². The van der Waals surface area contributed by atoms with Crippen molar-refractivity contribution in [3.05, 3.63) is 0 Å². The number of halogens is 6. The Balaban J connectivity index is 5.49. The summed E-state index contributed by atoms with van der Waals surface area (Å²) in [6, 6.07) is 0. The van der Waals surface area contributed by atoms with Crippen molar-refractivity contribution in [1.29, 1.82) is 0 Å². The summed E-state index contributed by atoms with van der Waals surface area (Å²) in [5.74, 6) is -3.45. The van der Waals surface area contributed by atoms with Gasteiger partial charge in [-0.15, -0.1) is 0 Å². The van der Waals surface area contributed by atoms with Crippen LogP contribution in [0.3, 0.4) is 0 Å². The zero-order valence-corrected chi connectivity index (χ0v) is 9.17. The first-order chi connectivity index (χ1) is 7.05. The summed E-state index contributed by atoms with van der Waals surface area (Å²) in [4.78, 5) is 0. The monoisotopic (exact) mass is 252 g/mol. The molecule has 16 heavy (non-hydrogen) atoms. The quantitative estimate of drug-likeness (QED) is 0.689. The molecule has 0 unspecified atom stereocenters. The zero-order valence-electron chi connectivity index (χ0n) is 9.17. The van der Waals surface area contributed by atoms with Gasteiger partial charge in [0.15, 0.2) is 5.92 Å². The Morgan fingerprint density at radius 3 is 1.25 bits per heavy atom. The van der Waals surface area contributed by atoms with Crippen LogP contribution in [0.1, 0.15) is 26.7 Å². The molecule has 0 atom stereocenters. The predicted molar refractivity (Wildman–Crippen MR) is 45.9 cm³/mol. The van der Waals surface area contributed by atoms with Crippen LogP contribution in [0.5, 0.6) is 0 Å². The molecule has 0 fully saturated rings. The maximum atomic E-state index is 12.5. The van der Waals surface area contributed by atoms with E-state index < -0.39 is 23.9 Å². The lowest BCUT2D eigenvalue weighted by Gasteiger charge is -2.40. The van der Waals surface area contributed by atoms with Crippen LogP contribution >= 0.6 is 0 Å². The first-order valence-electron chi connectivity index (χ1n) is 4.73. The fraction of sp³-hybridized carbons (Fsp3) is 1.00. The van der Waals surface area contributed by atoms with Crippen LogP contribution in [0.25, 0.3) is 0 Å². The van der Waals surface area contributed by atoms with Gasteiger partial charge in [0.25, 0.3) is 0 Å². The molecule has 0 aliphatic carbocycles. The van der Waals surface area contributed by atoms with Crippen LogP contribution in [0.4, 0.5) is 26.3 Å². The largest absolute Gasteiger partial charge is 0.403 e. The van der Waals surface area contributed by atoms with Crippen molar-refractivity contribution in [2.45, 2.75) is 44.6 Å². The molecular formula is C9H14F6O. The molecule has 0 radical (unpaired) electrons. The lowest BCUT2D eigenvalue weighted by Crippen LogP contribution is -2.54.